The maximum atomic E-state index is 11.9. The van der Waals surface area contributed by atoms with Gasteiger partial charge in [-0.25, -0.2) is 0 Å². The lowest BCUT2D eigenvalue weighted by molar-refractivity contribution is 0.0829. The first-order valence-corrected chi connectivity index (χ1v) is 6.27. The molecular weight excluding hydrogens is 336 g/mol. The Kier molecular flexibility index (Phi) is 3.08. The fourth-order valence-corrected chi connectivity index (χ4v) is 2.22. The van der Waals surface area contributed by atoms with Gasteiger partial charge in [-0.15, -0.1) is 0 Å². The van der Waals surface area contributed by atoms with Crippen LogP contribution in [0.25, 0.3) is 10.9 Å². The highest BCUT2D eigenvalue weighted by Gasteiger charge is 2.14. The van der Waals surface area contributed by atoms with Crippen molar-refractivity contribution < 1.29 is 4.79 Å². The fourth-order valence-electron chi connectivity index (χ4n) is 1.53. The first-order chi connectivity index (χ1) is 7.50. The van der Waals surface area contributed by atoms with Crippen molar-refractivity contribution in [3.8, 4) is 0 Å². The Morgan fingerprint density at radius 3 is 2.50 bits per heavy atom. The molecule has 0 aliphatic rings. The van der Waals surface area contributed by atoms with Crippen molar-refractivity contribution in [3.05, 3.63) is 32.8 Å². The van der Waals surface area contributed by atoms with Crippen LogP contribution < -0.4 is 0 Å². The smallest absolute Gasteiger partial charge is 0.255 e. The number of aromatic amines is 1. The van der Waals surface area contributed by atoms with Crippen molar-refractivity contribution in [2.45, 2.75) is 0 Å². The van der Waals surface area contributed by atoms with Crippen LogP contribution in [0.3, 0.4) is 0 Å². The molecule has 0 saturated heterocycles. The number of hydrogen-bond donors (Lipinski definition) is 1. The summed E-state index contributed by atoms with van der Waals surface area (Å²) in [4.78, 5) is 16.6. The minimum absolute atomic E-state index is 0.000437. The third-order valence-electron chi connectivity index (χ3n) is 2.36. The number of carbonyl (C=O) groups excluding carboxylic acids is 1. The second kappa shape index (κ2) is 4.22. The third-order valence-corrected chi connectivity index (χ3v) is 4.20. The largest absolute Gasteiger partial charge is 0.360 e. The van der Waals surface area contributed by atoms with Crippen LogP contribution in [0.2, 0.25) is 0 Å². The standard InChI is InChI=1S/C11H10Br2N2O/c1-15(2)11(16)7-5-14-10-4-9(13)8(12)3-6(7)10/h3-5,14H,1-2H3. The van der Waals surface area contributed by atoms with E-state index in [4.69, 9.17) is 0 Å². The monoisotopic (exact) mass is 344 g/mol. The van der Waals surface area contributed by atoms with E-state index in [1.807, 2.05) is 12.1 Å². The lowest BCUT2D eigenvalue weighted by Crippen LogP contribution is -2.21. The molecule has 1 aromatic heterocycles. The number of nitrogens with one attached hydrogen (secondary N) is 1. The van der Waals surface area contributed by atoms with Gasteiger partial charge in [-0.2, -0.15) is 0 Å². The molecule has 2 rings (SSSR count). The third kappa shape index (κ3) is 1.89. The van der Waals surface area contributed by atoms with E-state index in [1.54, 1.807) is 25.2 Å². The fraction of sp³-hybridized carbons (Fsp3) is 0.182. The van der Waals surface area contributed by atoms with Gasteiger partial charge in [-0.3, -0.25) is 4.79 Å². The van der Waals surface area contributed by atoms with Gasteiger partial charge in [-0.05, 0) is 44.0 Å². The van der Waals surface area contributed by atoms with Gasteiger partial charge in [0.15, 0.2) is 0 Å². The predicted octanol–water partition coefficient (Wildman–Crippen LogP) is 3.39. The number of fused-ring (bicyclic) bond motifs is 1. The van der Waals surface area contributed by atoms with Gasteiger partial charge in [0.1, 0.15) is 0 Å². The first-order valence-electron chi connectivity index (χ1n) is 4.68. The highest BCUT2D eigenvalue weighted by molar-refractivity contribution is 9.13. The Balaban J connectivity index is 2.65. The van der Waals surface area contributed by atoms with Crippen molar-refractivity contribution in [3.63, 3.8) is 0 Å². The number of benzene rings is 1. The zero-order valence-electron chi connectivity index (χ0n) is 8.84. The molecule has 0 spiro atoms. The summed E-state index contributed by atoms with van der Waals surface area (Å²) in [5, 5.41) is 0.925. The summed E-state index contributed by atoms with van der Waals surface area (Å²) in [5.74, 6) is 0.000437. The Bertz CT molecular complexity index is 560. The van der Waals surface area contributed by atoms with Crippen LogP contribution in [0.5, 0.6) is 0 Å². The van der Waals surface area contributed by atoms with Crippen LogP contribution in [-0.2, 0) is 0 Å². The predicted molar refractivity (Wildman–Crippen MR) is 71.7 cm³/mol. The maximum Gasteiger partial charge on any atom is 0.255 e. The summed E-state index contributed by atoms with van der Waals surface area (Å²) in [6.07, 6.45) is 1.74. The van der Waals surface area contributed by atoms with Gasteiger partial charge >= 0.3 is 0 Å². The van der Waals surface area contributed by atoms with Crippen LogP contribution in [0.1, 0.15) is 10.4 Å². The van der Waals surface area contributed by atoms with Gasteiger partial charge < -0.3 is 9.88 Å². The van der Waals surface area contributed by atoms with E-state index >= 15 is 0 Å². The van der Waals surface area contributed by atoms with Gasteiger partial charge in [-0.1, -0.05) is 0 Å². The lowest BCUT2D eigenvalue weighted by Gasteiger charge is -2.08. The molecule has 0 saturated carbocycles. The lowest BCUT2D eigenvalue weighted by atomic mass is 10.1. The molecule has 84 valence electrons. The van der Waals surface area contributed by atoms with Crippen LogP contribution in [0, 0.1) is 0 Å². The number of carbonyl (C=O) groups is 1. The number of H-pyrrole nitrogens is 1. The SMILES string of the molecule is CN(C)C(=O)c1c[nH]c2cc(Br)c(Br)cc12. The molecule has 0 bridgehead atoms. The van der Waals surface area contributed by atoms with Crippen molar-refractivity contribution in [2.24, 2.45) is 0 Å². The average Bonchev–Trinajstić information content (AvgIpc) is 2.60. The van der Waals surface area contributed by atoms with Gasteiger partial charge in [0.2, 0.25) is 0 Å². The van der Waals surface area contributed by atoms with E-state index in [1.165, 1.54) is 0 Å². The number of nitrogens with zero attached hydrogens (tertiary/aromatic N) is 1. The van der Waals surface area contributed by atoms with E-state index < -0.39 is 0 Å². The summed E-state index contributed by atoms with van der Waals surface area (Å²) in [7, 11) is 3.49. The van der Waals surface area contributed by atoms with E-state index in [9.17, 15) is 4.79 Å². The maximum absolute atomic E-state index is 11.9. The molecule has 1 N–H and O–H groups in total. The molecule has 2 aromatic rings. The van der Waals surface area contributed by atoms with Crippen molar-refractivity contribution in [1.82, 2.24) is 9.88 Å². The minimum Gasteiger partial charge on any atom is -0.360 e. The summed E-state index contributed by atoms with van der Waals surface area (Å²) >= 11 is 6.86. The highest BCUT2D eigenvalue weighted by atomic mass is 79.9. The number of aromatic nitrogens is 1. The molecule has 3 nitrogen and oxygen atoms in total. The van der Waals surface area contributed by atoms with Crippen LogP contribution in [-0.4, -0.2) is 29.9 Å². The average molecular weight is 346 g/mol. The molecule has 0 aliphatic heterocycles. The summed E-state index contributed by atoms with van der Waals surface area (Å²) in [6, 6.07) is 3.89. The number of hydrogen-bond acceptors (Lipinski definition) is 1. The molecule has 1 aromatic carbocycles. The van der Waals surface area contributed by atoms with Crippen LogP contribution in [0.15, 0.2) is 27.3 Å². The van der Waals surface area contributed by atoms with Crippen LogP contribution >= 0.6 is 31.9 Å². The van der Waals surface area contributed by atoms with E-state index in [0.29, 0.717) is 5.56 Å². The van der Waals surface area contributed by atoms with Gasteiger partial charge in [0.25, 0.3) is 5.91 Å². The number of rotatable bonds is 1. The first kappa shape index (κ1) is 11.7. The zero-order valence-corrected chi connectivity index (χ0v) is 12.0. The van der Waals surface area contributed by atoms with Crippen LogP contribution in [0.4, 0.5) is 0 Å². The molecule has 0 fully saturated rings. The molecule has 0 atom stereocenters. The molecule has 1 heterocycles. The topological polar surface area (TPSA) is 36.1 Å². The minimum atomic E-state index is 0.000437. The normalized spacial score (nSPS) is 10.8. The Morgan fingerprint density at radius 1 is 1.25 bits per heavy atom. The number of amides is 1. The van der Waals surface area contributed by atoms with E-state index in [-0.39, 0.29) is 5.91 Å². The number of halogens is 2. The second-order valence-electron chi connectivity index (χ2n) is 3.71. The van der Waals surface area contributed by atoms with Crippen molar-refractivity contribution in [1.29, 1.82) is 0 Å². The zero-order chi connectivity index (χ0) is 11.9. The Hall–Kier alpha value is -0.810. The van der Waals surface area contributed by atoms with Crippen molar-refractivity contribution in [2.75, 3.05) is 14.1 Å². The molecule has 5 heteroatoms. The molecule has 16 heavy (non-hydrogen) atoms. The van der Waals surface area contributed by atoms with E-state index in [0.717, 1.165) is 19.8 Å². The Labute approximate surface area is 110 Å². The summed E-state index contributed by atoms with van der Waals surface area (Å²) in [6.45, 7) is 0. The molecular formula is C11H10Br2N2O. The summed E-state index contributed by atoms with van der Waals surface area (Å²) < 4.78 is 1.90. The Morgan fingerprint density at radius 2 is 1.88 bits per heavy atom. The van der Waals surface area contributed by atoms with Gasteiger partial charge in [0, 0.05) is 40.1 Å². The second-order valence-corrected chi connectivity index (χ2v) is 5.42. The molecule has 1 amide bonds. The molecule has 0 radical (unpaired) electrons. The quantitative estimate of drug-likeness (QED) is 0.844. The van der Waals surface area contributed by atoms with Gasteiger partial charge in [0.05, 0.1) is 5.56 Å². The van der Waals surface area contributed by atoms with E-state index in [2.05, 4.69) is 36.8 Å². The van der Waals surface area contributed by atoms with Crippen molar-refractivity contribution >= 4 is 48.7 Å². The summed E-state index contributed by atoms with van der Waals surface area (Å²) in [5.41, 5.74) is 1.63. The highest BCUT2D eigenvalue weighted by Crippen LogP contribution is 2.30. The molecule has 0 unspecified atom stereocenters. The molecule has 0 aliphatic carbocycles.